The zero-order valence-corrected chi connectivity index (χ0v) is 14.5. The highest BCUT2D eigenvalue weighted by Crippen LogP contribution is 2.19. The highest BCUT2D eigenvalue weighted by molar-refractivity contribution is 8.03. The van der Waals surface area contributed by atoms with Crippen LogP contribution < -0.4 is 0 Å². The van der Waals surface area contributed by atoms with Gasteiger partial charge in [-0.15, -0.1) is 0 Å². The van der Waals surface area contributed by atoms with Crippen molar-refractivity contribution in [3.8, 4) is 0 Å². The average Bonchev–Trinajstić information content (AvgIpc) is 2.45. The van der Waals surface area contributed by atoms with Gasteiger partial charge in [0.05, 0.1) is 6.61 Å². The fraction of sp³-hybridized carbons (Fsp3) is 0.467. The van der Waals surface area contributed by atoms with E-state index in [1.165, 1.54) is 20.8 Å². The van der Waals surface area contributed by atoms with Gasteiger partial charge in [-0.2, -0.15) is 12.7 Å². The monoisotopic (exact) mass is 359 g/mol. The Balaban J connectivity index is 3.25. The van der Waals surface area contributed by atoms with E-state index in [1.54, 1.807) is 30.3 Å². The number of ether oxygens (including phenoxy) is 1. The summed E-state index contributed by atoms with van der Waals surface area (Å²) < 4.78 is 30.3. The summed E-state index contributed by atoms with van der Waals surface area (Å²) in [6.07, 6.45) is 0. The zero-order valence-electron chi connectivity index (χ0n) is 13.7. The third kappa shape index (κ3) is 5.29. The minimum Gasteiger partial charge on any atom is -0.480 e. The molecule has 0 aliphatic carbocycles. The van der Waals surface area contributed by atoms with Gasteiger partial charge in [-0.1, -0.05) is 30.3 Å². The number of aliphatic carboxylic acids is 1. The number of nitrogens with zero attached hydrogens (tertiary/aromatic N) is 1. The summed E-state index contributed by atoms with van der Waals surface area (Å²) >= 11 is 0. The highest BCUT2D eigenvalue weighted by Gasteiger charge is 2.41. The van der Waals surface area contributed by atoms with Crippen LogP contribution in [0.4, 0.5) is 4.79 Å². The first-order chi connectivity index (χ1) is 11.0. The number of benzene rings is 1. The molecule has 0 aromatic heterocycles. The molecule has 8 nitrogen and oxygen atoms in total. The highest BCUT2D eigenvalue weighted by atomic mass is 32.2. The zero-order chi connectivity index (χ0) is 18.5. The smallest absolute Gasteiger partial charge is 0.440 e. The van der Waals surface area contributed by atoms with Gasteiger partial charge in [0, 0.05) is 6.54 Å². The van der Waals surface area contributed by atoms with Gasteiger partial charge in [-0.05, 0) is 26.3 Å². The Morgan fingerprint density at radius 3 is 2.17 bits per heavy atom. The quantitative estimate of drug-likeness (QED) is 0.732. The van der Waals surface area contributed by atoms with Crippen LogP contribution in [-0.2, 0) is 26.1 Å². The Morgan fingerprint density at radius 2 is 1.75 bits per heavy atom. The minimum absolute atomic E-state index is 0.389. The van der Waals surface area contributed by atoms with Crippen molar-refractivity contribution >= 4 is 21.3 Å². The third-order valence-electron chi connectivity index (χ3n) is 2.90. The molecule has 0 aliphatic rings. The van der Waals surface area contributed by atoms with E-state index in [1.807, 2.05) is 0 Å². The predicted octanol–water partition coefficient (Wildman–Crippen LogP) is 1.20. The molecule has 9 heteroatoms. The second-order valence-electron chi connectivity index (χ2n) is 6.04. The first-order valence-electron chi connectivity index (χ1n) is 7.11. The summed E-state index contributed by atoms with van der Waals surface area (Å²) in [4.78, 5) is 23.3. The molecular formula is C15H21NO7S. The van der Waals surface area contributed by atoms with Gasteiger partial charge in [-0.3, -0.25) is 4.79 Å². The number of sulfonamides is 1. The third-order valence-corrected chi connectivity index (χ3v) is 4.40. The summed E-state index contributed by atoms with van der Waals surface area (Å²) in [5.74, 6) is -1.57. The van der Waals surface area contributed by atoms with Crippen LogP contribution in [0.3, 0.4) is 0 Å². The van der Waals surface area contributed by atoms with Crippen molar-refractivity contribution in [2.45, 2.75) is 39.0 Å². The molecule has 0 aliphatic heterocycles. The molecule has 24 heavy (non-hydrogen) atoms. The first-order valence-corrected chi connectivity index (χ1v) is 8.55. The number of aliphatic hydroxyl groups is 1. The fourth-order valence-electron chi connectivity index (χ4n) is 1.82. The molecule has 2 N–H and O–H groups in total. The Bertz CT molecular complexity index is 680. The van der Waals surface area contributed by atoms with Crippen LogP contribution in [0.1, 0.15) is 26.3 Å². The molecule has 0 spiro atoms. The van der Waals surface area contributed by atoms with Crippen molar-refractivity contribution in [2.75, 3.05) is 6.61 Å². The number of hydrogen-bond donors (Lipinski definition) is 2. The molecule has 1 aromatic rings. The van der Waals surface area contributed by atoms with E-state index >= 15 is 0 Å². The topological polar surface area (TPSA) is 121 Å². The molecule has 0 saturated heterocycles. The molecule has 0 unspecified atom stereocenters. The van der Waals surface area contributed by atoms with Gasteiger partial charge < -0.3 is 14.9 Å². The Hall–Kier alpha value is -1.97. The van der Waals surface area contributed by atoms with Crippen LogP contribution in [0.15, 0.2) is 30.3 Å². The molecule has 1 rings (SSSR count). The molecule has 0 radical (unpaired) electrons. The minimum atomic E-state index is -4.76. The molecule has 0 heterocycles. The number of rotatable bonds is 6. The summed E-state index contributed by atoms with van der Waals surface area (Å²) in [5, 5.41) is 16.9. The van der Waals surface area contributed by atoms with Crippen LogP contribution in [0, 0.1) is 0 Å². The maximum Gasteiger partial charge on any atom is 0.440 e. The standard InChI is InChI=1S/C15H21NO7S/c1-15(2,3)23-14(20)24(21,22)16(12(10-17)13(18)19)9-11-7-5-4-6-8-11/h4-8,12,17H,9-10H2,1-3H3,(H,18,19)/t12-/m0/s1. The number of aliphatic hydroxyl groups excluding tert-OH is 1. The first kappa shape index (κ1) is 20.1. The van der Waals surface area contributed by atoms with Gasteiger partial charge in [0.25, 0.3) is 0 Å². The SMILES string of the molecule is CC(C)(C)OC(=O)S(=O)(=O)N(Cc1ccccc1)[C@@H](CO)C(=O)O. The van der Waals surface area contributed by atoms with Gasteiger partial charge in [0.2, 0.25) is 0 Å². The Kier molecular flexibility index (Phi) is 6.47. The lowest BCUT2D eigenvalue weighted by Crippen LogP contribution is -2.49. The lowest BCUT2D eigenvalue weighted by atomic mass is 10.2. The molecule has 0 saturated carbocycles. The van der Waals surface area contributed by atoms with E-state index in [9.17, 15) is 28.2 Å². The van der Waals surface area contributed by atoms with Crippen LogP contribution in [0.5, 0.6) is 0 Å². The molecule has 0 bridgehead atoms. The molecular weight excluding hydrogens is 338 g/mol. The fourth-order valence-corrected chi connectivity index (χ4v) is 3.17. The van der Waals surface area contributed by atoms with Gasteiger partial charge in [0.15, 0.2) is 0 Å². The maximum atomic E-state index is 12.5. The van der Waals surface area contributed by atoms with Crippen molar-refractivity contribution < 1.29 is 33.0 Å². The Labute approximate surface area is 140 Å². The van der Waals surface area contributed by atoms with Crippen molar-refractivity contribution in [3.63, 3.8) is 0 Å². The predicted molar refractivity (Wildman–Crippen MR) is 85.6 cm³/mol. The summed E-state index contributed by atoms with van der Waals surface area (Å²) in [5.41, 5.74) is -0.607. The molecule has 0 fully saturated rings. The second-order valence-corrected chi connectivity index (χ2v) is 7.79. The van der Waals surface area contributed by atoms with Crippen LogP contribution >= 0.6 is 0 Å². The van der Waals surface area contributed by atoms with Crippen LogP contribution in [-0.4, -0.2) is 52.5 Å². The van der Waals surface area contributed by atoms with Crippen LogP contribution in [0.2, 0.25) is 0 Å². The van der Waals surface area contributed by atoms with Gasteiger partial charge in [0.1, 0.15) is 11.6 Å². The lowest BCUT2D eigenvalue weighted by molar-refractivity contribution is -0.142. The largest absolute Gasteiger partial charge is 0.480 e. The number of hydrogen-bond acceptors (Lipinski definition) is 6. The number of carbonyl (C=O) groups excluding carboxylic acids is 1. The van der Waals surface area contributed by atoms with E-state index < -0.39 is 39.5 Å². The van der Waals surface area contributed by atoms with Crippen molar-refractivity contribution in [1.82, 2.24) is 4.31 Å². The van der Waals surface area contributed by atoms with Gasteiger partial charge >= 0.3 is 21.3 Å². The average molecular weight is 359 g/mol. The van der Waals surface area contributed by atoms with Gasteiger partial charge in [-0.25, -0.2) is 4.79 Å². The molecule has 1 atom stereocenters. The lowest BCUT2D eigenvalue weighted by Gasteiger charge is -2.27. The van der Waals surface area contributed by atoms with E-state index in [0.717, 1.165) is 0 Å². The second kappa shape index (κ2) is 7.73. The van der Waals surface area contributed by atoms with Crippen LogP contribution in [0.25, 0.3) is 0 Å². The maximum absolute atomic E-state index is 12.5. The molecule has 1 aromatic carbocycles. The number of carboxylic acid groups (broad SMARTS) is 1. The van der Waals surface area contributed by atoms with E-state index in [2.05, 4.69) is 0 Å². The Morgan fingerprint density at radius 1 is 1.21 bits per heavy atom. The van der Waals surface area contributed by atoms with E-state index in [4.69, 9.17) is 4.74 Å². The normalized spacial score (nSPS) is 13.5. The van der Waals surface area contributed by atoms with Crippen molar-refractivity contribution in [2.24, 2.45) is 0 Å². The molecule has 0 amide bonds. The van der Waals surface area contributed by atoms with E-state index in [0.29, 0.717) is 9.87 Å². The van der Waals surface area contributed by atoms with Crippen molar-refractivity contribution in [3.05, 3.63) is 35.9 Å². The van der Waals surface area contributed by atoms with Crippen molar-refractivity contribution in [1.29, 1.82) is 0 Å². The van der Waals surface area contributed by atoms with E-state index in [-0.39, 0.29) is 6.54 Å². The molecule has 134 valence electrons. The summed E-state index contributed by atoms with van der Waals surface area (Å²) in [6.45, 7) is 3.10. The number of carboxylic acids is 1. The summed E-state index contributed by atoms with van der Waals surface area (Å²) in [6, 6.07) is 6.34. The number of carbonyl (C=O) groups is 2. The summed E-state index contributed by atoms with van der Waals surface area (Å²) in [7, 11) is -4.76.